The van der Waals surface area contributed by atoms with E-state index in [0.717, 1.165) is 5.69 Å². The molecule has 0 saturated heterocycles. The molecular formula is C20H27N3O4. The molecule has 7 nitrogen and oxygen atoms in total. The van der Waals surface area contributed by atoms with Gasteiger partial charge in [0.05, 0.1) is 30.3 Å². The molecule has 0 unspecified atom stereocenters. The quantitative estimate of drug-likeness (QED) is 0.694. The van der Waals surface area contributed by atoms with Gasteiger partial charge in [0, 0.05) is 12.1 Å². The molecule has 1 aromatic heterocycles. The zero-order valence-electron chi connectivity index (χ0n) is 16.2. The number of aliphatic hydroxyl groups is 1. The van der Waals surface area contributed by atoms with E-state index in [1.54, 1.807) is 42.8 Å². The molecule has 1 aromatic carbocycles. The number of ether oxygens (including phenoxy) is 1. The molecule has 146 valence electrons. The van der Waals surface area contributed by atoms with E-state index in [1.165, 1.54) is 6.20 Å². The van der Waals surface area contributed by atoms with Crippen LogP contribution in [0.1, 0.15) is 53.6 Å². The molecule has 0 radical (unpaired) electrons. The van der Waals surface area contributed by atoms with Crippen molar-refractivity contribution >= 4 is 11.9 Å². The van der Waals surface area contributed by atoms with Crippen molar-refractivity contribution < 1.29 is 19.4 Å². The number of esters is 1. The van der Waals surface area contributed by atoms with E-state index in [0.29, 0.717) is 35.8 Å². The lowest BCUT2D eigenvalue weighted by molar-refractivity contribution is 0.0525. The summed E-state index contributed by atoms with van der Waals surface area (Å²) >= 11 is 0. The van der Waals surface area contributed by atoms with Crippen LogP contribution in [-0.4, -0.2) is 46.0 Å². The van der Waals surface area contributed by atoms with E-state index < -0.39 is 12.1 Å². The van der Waals surface area contributed by atoms with Crippen molar-refractivity contribution in [3.05, 3.63) is 47.3 Å². The predicted octanol–water partition coefficient (Wildman–Crippen LogP) is 2.49. The summed E-state index contributed by atoms with van der Waals surface area (Å²) in [5, 5.41) is 16.8. The maximum Gasteiger partial charge on any atom is 0.341 e. The Bertz CT molecular complexity index is 781. The molecule has 0 aliphatic heterocycles. The number of amides is 1. The van der Waals surface area contributed by atoms with Crippen LogP contribution in [0.25, 0.3) is 5.69 Å². The number of aromatic nitrogens is 2. The lowest BCUT2D eigenvalue weighted by Gasteiger charge is -2.14. The standard InChI is InChI=1S/C20H27N3O4/c1-5-27-20(26)18-12-22-23(14(18)4)16-8-6-15(7-9-16)19(25)21-11-17(24)10-13(2)3/h6-9,12-13,17,24H,5,10-11H2,1-4H3,(H,21,25)/t17-/m0/s1. The predicted molar refractivity (Wildman–Crippen MR) is 102 cm³/mol. The minimum absolute atomic E-state index is 0.222. The molecule has 1 heterocycles. The Morgan fingerprint density at radius 2 is 1.93 bits per heavy atom. The van der Waals surface area contributed by atoms with Gasteiger partial charge in [0.2, 0.25) is 0 Å². The van der Waals surface area contributed by atoms with Crippen molar-refractivity contribution in [3.8, 4) is 5.69 Å². The summed E-state index contributed by atoms with van der Waals surface area (Å²) in [5.74, 6) is -0.279. The summed E-state index contributed by atoms with van der Waals surface area (Å²) in [5.41, 5.74) is 2.31. The molecule has 1 atom stereocenters. The van der Waals surface area contributed by atoms with Gasteiger partial charge in [-0.3, -0.25) is 4.79 Å². The largest absolute Gasteiger partial charge is 0.462 e. The molecule has 0 aliphatic rings. The van der Waals surface area contributed by atoms with Gasteiger partial charge in [0.1, 0.15) is 5.56 Å². The summed E-state index contributed by atoms with van der Waals surface area (Å²) in [6, 6.07) is 6.89. The number of rotatable bonds is 8. The zero-order chi connectivity index (χ0) is 20.0. The maximum atomic E-state index is 12.2. The molecule has 7 heteroatoms. The highest BCUT2D eigenvalue weighted by Crippen LogP contribution is 2.16. The summed E-state index contributed by atoms with van der Waals surface area (Å²) in [6.45, 7) is 8.11. The van der Waals surface area contributed by atoms with Crippen molar-refractivity contribution in [2.45, 2.75) is 40.2 Å². The Kier molecular flexibility index (Phi) is 7.12. The van der Waals surface area contributed by atoms with E-state index in [9.17, 15) is 14.7 Å². The van der Waals surface area contributed by atoms with Gasteiger partial charge in [-0.15, -0.1) is 0 Å². The van der Waals surface area contributed by atoms with Crippen LogP contribution in [-0.2, 0) is 4.74 Å². The van der Waals surface area contributed by atoms with E-state index in [1.807, 2.05) is 13.8 Å². The second kappa shape index (κ2) is 9.32. The summed E-state index contributed by atoms with van der Waals surface area (Å²) in [6.07, 6.45) is 1.56. The van der Waals surface area contributed by atoms with Crippen LogP contribution in [0, 0.1) is 12.8 Å². The lowest BCUT2D eigenvalue weighted by atomic mass is 10.1. The van der Waals surface area contributed by atoms with Crippen LogP contribution in [0.2, 0.25) is 0 Å². The number of nitrogens with zero attached hydrogens (tertiary/aromatic N) is 2. The van der Waals surface area contributed by atoms with Gasteiger partial charge in [-0.05, 0) is 50.5 Å². The third kappa shape index (κ3) is 5.40. The fourth-order valence-corrected chi connectivity index (χ4v) is 2.77. The van der Waals surface area contributed by atoms with E-state index in [2.05, 4.69) is 10.4 Å². The van der Waals surface area contributed by atoms with Gasteiger partial charge in [-0.2, -0.15) is 5.10 Å². The third-order valence-electron chi connectivity index (χ3n) is 4.12. The van der Waals surface area contributed by atoms with Crippen LogP contribution in [0.15, 0.2) is 30.5 Å². The Balaban J connectivity index is 2.05. The number of benzene rings is 1. The fraction of sp³-hybridized carbons (Fsp3) is 0.450. The average Bonchev–Trinajstić information content (AvgIpc) is 3.01. The average molecular weight is 373 g/mol. The van der Waals surface area contributed by atoms with Crippen molar-refractivity contribution in [2.75, 3.05) is 13.2 Å². The number of carbonyl (C=O) groups excluding carboxylic acids is 2. The minimum atomic E-state index is -0.554. The highest BCUT2D eigenvalue weighted by atomic mass is 16.5. The maximum absolute atomic E-state index is 12.2. The summed E-state index contributed by atoms with van der Waals surface area (Å²) < 4.78 is 6.64. The van der Waals surface area contributed by atoms with Gasteiger partial charge in [-0.1, -0.05) is 13.8 Å². The molecular weight excluding hydrogens is 346 g/mol. The molecule has 1 amide bonds. The second-order valence-electron chi connectivity index (χ2n) is 6.82. The van der Waals surface area contributed by atoms with Gasteiger partial charge in [0.25, 0.3) is 5.91 Å². The highest BCUT2D eigenvalue weighted by molar-refractivity contribution is 5.94. The lowest BCUT2D eigenvalue weighted by Crippen LogP contribution is -2.32. The van der Waals surface area contributed by atoms with Crippen molar-refractivity contribution in [2.24, 2.45) is 5.92 Å². The monoisotopic (exact) mass is 373 g/mol. The topological polar surface area (TPSA) is 93.5 Å². The first-order chi connectivity index (χ1) is 12.8. The van der Waals surface area contributed by atoms with Crippen LogP contribution >= 0.6 is 0 Å². The van der Waals surface area contributed by atoms with Gasteiger partial charge >= 0.3 is 5.97 Å². The minimum Gasteiger partial charge on any atom is -0.462 e. The molecule has 0 saturated carbocycles. The molecule has 0 spiro atoms. The van der Waals surface area contributed by atoms with Crippen LogP contribution in [0.3, 0.4) is 0 Å². The van der Waals surface area contributed by atoms with E-state index in [4.69, 9.17) is 4.74 Å². The Labute approximate surface area is 159 Å². The Morgan fingerprint density at radius 3 is 2.52 bits per heavy atom. The number of nitrogens with one attached hydrogen (secondary N) is 1. The smallest absolute Gasteiger partial charge is 0.341 e. The third-order valence-corrected chi connectivity index (χ3v) is 4.12. The van der Waals surface area contributed by atoms with E-state index >= 15 is 0 Å². The Morgan fingerprint density at radius 1 is 1.26 bits per heavy atom. The molecule has 0 aliphatic carbocycles. The molecule has 2 N–H and O–H groups in total. The van der Waals surface area contributed by atoms with Crippen molar-refractivity contribution in [1.82, 2.24) is 15.1 Å². The molecule has 27 heavy (non-hydrogen) atoms. The Hall–Kier alpha value is -2.67. The highest BCUT2D eigenvalue weighted by Gasteiger charge is 2.16. The number of hydrogen-bond donors (Lipinski definition) is 2. The summed E-state index contributed by atoms with van der Waals surface area (Å²) in [4.78, 5) is 24.1. The van der Waals surface area contributed by atoms with Crippen LogP contribution in [0.4, 0.5) is 0 Å². The second-order valence-corrected chi connectivity index (χ2v) is 6.82. The van der Waals surface area contributed by atoms with E-state index in [-0.39, 0.29) is 12.5 Å². The van der Waals surface area contributed by atoms with Crippen LogP contribution in [0.5, 0.6) is 0 Å². The normalized spacial score (nSPS) is 12.1. The number of carbonyl (C=O) groups is 2. The summed E-state index contributed by atoms with van der Waals surface area (Å²) in [7, 11) is 0. The van der Waals surface area contributed by atoms with Gasteiger partial charge < -0.3 is 15.2 Å². The number of hydrogen-bond acceptors (Lipinski definition) is 5. The zero-order valence-corrected chi connectivity index (χ0v) is 16.2. The fourth-order valence-electron chi connectivity index (χ4n) is 2.77. The first kappa shape index (κ1) is 20.6. The first-order valence-electron chi connectivity index (χ1n) is 9.11. The number of aliphatic hydroxyl groups excluding tert-OH is 1. The van der Waals surface area contributed by atoms with Gasteiger partial charge in [0.15, 0.2) is 0 Å². The SMILES string of the molecule is CCOC(=O)c1cnn(-c2ccc(C(=O)NC[C@@H](O)CC(C)C)cc2)c1C. The van der Waals surface area contributed by atoms with Crippen molar-refractivity contribution in [1.29, 1.82) is 0 Å². The van der Waals surface area contributed by atoms with Crippen molar-refractivity contribution in [3.63, 3.8) is 0 Å². The molecule has 2 aromatic rings. The molecule has 0 bridgehead atoms. The van der Waals surface area contributed by atoms with Gasteiger partial charge in [-0.25, -0.2) is 9.48 Å². The first-order valence-corrected chi connectivity index (χ1v) is 9.11. The molecule has 2 rings (SSSR count). The molecule has 0 fully saturated rings. The van der Waals surface area contributed by atoms with Crippen LogP contribution < -0.4 is 5.32 Å².